The topological polar surface area (TPSA) is 53.0 Å². The third-order valence-electron chi connectivity index (χ3n) is 3.93. The first-order valence-electron chi connectivity index (χ1n) is 6.86. The number of phenolic OH excluding ortho intramolecular Hbond substituents is 1. The summed E-state index contributed by atoms with van der Waals surface area (Å²) in [6.07, 6.45) is 1.92. The molecule has 1 N–H and O–H groups in total. The Kier molecular flexibility index (Phi) is 4.49. The minimum atomic E-state index is -0.126. The Labute approximate surface area is 119 Å². The molecule has 0 atom stereocenters. The summed E-state index contributed by atoms with van der Waals surface area (Å²) < 4.78 is 5.04. The quantitative estimate of drug-likeness (QED) is 0.912. The largest absolute Gasteiger partial charge is 0.504 e. The number of likely N-dealkylation sites (tertiary alicyclic amines) is 1. The van der Waals surface area contributed by atoms with Crippen molar-refractivity contribution >= 4 is 5.91 Å². The molecular formula is C15H22N2O3. The Bertz CT molecular complexity index is 480. The van der Waals surface area contributed by atoms with Crippen molar-refractivity contribution in [2.45, 2.75) is 18.9 Å². The monoisotopic (exact) mass is 278 g/mol. The van der Waals surface area contributed by atoms with Gasteiger partial charge < -0.3 is 19.6 Å². The van der Waals surface area contributed by atoms with Crippen LogP contribution in [0.25, 0.3) is 0 Å². The summed E-state index contributed by atoms with van der Waals surface area (Å²) in [4.78, 5) is 16.5. The van der Waals surface area contributed by atoms with Gasteiger partial charge in [-0.05, 0) is 39.1 Å². The average molecular weight is 278 g/mol. The molecule has 5 heteroatoms. The fraction of sp³-hybridized carbons (Fsp3) is 0.533. The molecule has 1 fully saturated rings. The first-order valence-corrected chi connectivity index (χ1v) is 6.86. The smallest absolute Gasteiger partial charge is 0.257 e. The van der Waals surface area contributed by atoms with Crippen LogP contribution in [0, 0.1) is 0 Å². The first-order chi connectivity index (χ1) is 9.54. The Morgan fingerprint density at radius 1 is 1.35 bits per heavy atom. The molecule has 0 saturated carbocycles. The van der Waals surface area contributed by atoms with Crippen molar-refractivity contribution in [1.82, 2.24) is 9.80 Å². The number of hydrogen-bond donors (Lipinski definition) is 1. The van der Waals surface area contributed by atoms with E-state index in [-0.39, 0.29) is 11.7 Å². The van der Waals surface area contributed by atoms with Crippen molar-refractivity contribution in [3.8, 4) is 11.5 Å². The van der Waals surface area contributed by atoms with Crippen LogP contribution in [0.3, 0.4) is 0 Å². The Morgan fingerprint density at radius 3 is 2.55 bits per heavy atom. The van der Waals surface area contributed by atoms with Gasteiger partial charge in [-0.1, -0.05) is 6.07 Å². The van der Waals surface area contributed by atoms with Gasteiger partial charge in [-0.2, -0.15) is 0 Å². The van der Waals surface area contributed by atoms with Crippen LogP contribution in [-0.2, 0) is 0 Å². The summed E-state index contributed by atoms with van der Waals surface area (Å²) in [5, 5.41) is 10.0. The van der Waals surface area contributed by atoms with E-state index in [0.717, 1.165) is 25.9 Å². The summed E-state index contributed by atoms with van der Waals surface area (Å²) in [5.41, 5.74) is 0.313. The van der Waals surface area contributed by atoms with Crippen molar-refractivity contribution < 1.29 is 14.6 Å². The lowest BCUT2D eigenvalue weighted by Crippen LogP contribution is -2.44. The maximum Gasteiger partial charge on any atom is 0.257 e. The number of carbonyl (C=O) groups excluding carboxylic acids is 1. The summed E-state index contributed by atoms with van der Waals surface area (Å²) in [6, 6.07) is 5.53. The highest BCUT2D eigenvalue weighted by Gasteiger charge is 2.26. The second-order valence-electron chi connectivity index (χ2n) is 5.34. The Balaban J connectivity index is 2.09. The van der Waals surface area contributed by atoms with Gasteiger partial charge in [-0.25, -0.2) is 0 Å². The van der Waals surface area contributed by atoms with E-state index in [2.05, 4.69) is 19.0 Å². The van der Waals surface area contributed by atoms with E-state index in [1.807, 2.05) is 0 Å². The Hall–Kier alpha value is -1.75. The second-order valence-corrected chi connectivity index (χ2v) is 5.34. The lowest BCUT2D eigenvalue weighted by Gasteiger charge is -2.35. The predicted octanol–water partition coefficient (Wildman–Crippen LogP) is 1.57. The molecule has 2 rings (SSSR count). The zero-order valence-corrected chi connectivity index (χ0v) is 12.3. The number of amides is 1. The van der Waals surface area contributed by atoms with E-state index in [4.69, 9.17) is 4.74 Å². The molecule has 1 heterocycles. The van der Waals surface area contributed by atoms with Gasteiger partial charge in [0.15, 0.2) is 11.5 Å². The van der Waals surface area contributed by atoms with Crippen LogP contribution in [0.1, 0.15) is 23.2 Å². The van der Waals surface area contributed by atoms with Crippen LogP contribution in [0.5, 0.6) is 11.5 Å². The van der Waals surface area contributed by atoms with Crippen molar-refractivity contribution in [2.75, 3.05) is 34.3 Å². The number of phenols is 1. The van der Waals surface area contributed by atoms with Gasteiger partial charge >= 0.3 is 0 Å². The number of nitrogens with zero attached hydrogens (tertiary/aromatic N) is 2. The van der Waals surface area contributed by atoms with Crippen molar-refractivity contribution in [2.24, 2.45) is 0 Å². The number of ether oxygens (including phenoxy) is 1. The number of benzene rings is 1. The highest BCUT2D eigenvalue weighted by atomic mass is 16.5. The molecule has 5 nitrogen and oxygen atoms in total. The lowest BCUT2D eigenvalue weighted by molar-refractivity contribution is 0.0660. The summed E-state index contributed by atoms with van der Waals surface area (Å²) in [5.74, 6) is 0.132. The van der Waals surface area contributed by atoms with Crippen molar-refractivity contribution in [3.63, 3.8) is 0 Å². The van der Waals surface area contributed by atoms with Gasteiger partial charge in [0.1, 0.15) is 0 Å². The summed E-state index contributed by atoms with van der Waals surface area (Å²) >= 11 is 0. The van der Waals surface area contributed by atoms with E-state index in [0.29, 0.717) is 17.4 Å². The molecule has 1 saturated heterocycles. The van der Waals surface area contributed by atoms with E-state index >= 15 is 0 Å². The van der Waals surface area contributed by atoms with E-state index in [1.165, 1.54) is 7.11 Å². The number of rotatable bonds is 3. The number of piperidine rings is 1. The predicted molar refractivity (Wildman–Crippen MR) is 77.3 cm³/mol. The number of hydrogen-bond acceptors (Lipinski definition) is 4. The second kappa shape index (κ2) is 6.13. The van der Waals surface area contributed by atoms with Crippen molar-refractivity contribution in [3.05, 3.63) is 23.8 Å². The van der Waals surface area contributed by atoms with Crippen LogP contribution in [0.4, 0.5) is 0 Å². The lowest BCUT2D eigenvalue weighted by atomic mass is 10.0. The number of para-hydroxylation sites is 1. The molecule has 0 bridgehead atoms. The normalized spacial score (nSPS) is 16.5. The molecule has 0 radical (unpaired) electrons. The molecule has 1 aromatic carbocycles. The molecular weight excluding hydrogens is 256 g/mol. The third-order valence-corrected chi connectivity index (χ3v) is 3.93. The highest BCUT2D eigenvalue weighted by Crippen LogP contribution is 2.30. The minimum absolute atomic E-state index is 0.0743. The van der Waals surface area contributed by atoms with Crippen LogP contribution < -0.4 is 4.74 Å². The molecule has 1 amide bonds. The molecule has 0 unspecified atom stereocenters. The molecule has 20 heavy (non-hydrogen) atoms. The van der Waals surface area contributed by atoms with E-state index in [9.17, 15) is 9.90 Å². The van der Waals surface area contributed by atoms with Gasteiger partial charge in [-0.3, -0.25) is 4.79 Å². The highest BCUT2D eigenvalue weighted by molar-refractivity contribution is 5.97. The number of carbonyl (C=O) groups is 1. The minimum Gasteiger partial charge on any atom is -0.504 e. The zero-order chi connectivity index (χ0) is 14.7. The van der Waals surface area contributed by atoms with Crippen LogP contribution in [-0.4, -0.2) is 61.2 Å². The van der Waals surface area contributed by atoms with Gasteiger partial charge in [0.05, 0.1) is 12.7 Å². The molecule has 0 aliphatic carbocycles. The molecule has 1 aromatic rings. The number of methoxy groups -OCH3 is 1. The molecule has 1 aliphatic heterocycles. The zero-order valence-electron chi connectivity index (χ0n) is 12.3. The van der Waals surface area contributed by atoms with Crippen LogP contribution in [0.15, 0.2) is 18.2 Å². The van der Waals surface area contributed by atoms with Crippen LogP contribution in [0.2, 0.25) is 0 Å². The van der Waals surface area contributed by atoms with E-state index < -0.39 is 0 Å². The SMILES string of the molecule is COc1cccc(C(=O)N2CCC(N(C)C)CC2)c1O. The fourth-order valence-electron chi connectivity index (χ4n) is 2.62. The first kappa shape index (κ1) is 14.7. The molecule has 110 valence electrons. The standard InChI is InChI=1S/C15H22N2O3/c1-16(2)11-7-9-17(10-8-11)15(19)12-5-4-6-13(20-3)14(12)18/h4-6,11,18H,7-10H2,1-3H3. The van der Waals surface area contributed by atoms with Gasteiger partial charge in [-0.15, -0.1) is 0 Å². The molecule has 1 aliphatic rings. The molecule has 0 aromatic heterocycles. The van der Waals surface area contributed by atoms with Crippen LogP contribution >= 0.6 is 0 Å². The maximum absolute atomic E-state index is 12.5. The van der Waals surface area contributed by atoms with Gasteiger partial charge in [0.25, 0.3) is 5.91 Å². The summed E-state index contributed by atoms with van der Waals surface area (Å²) in [6.45, 7) is 1.44. The molecule has 0 spiro atoms. The maximum atomic E-state index is 12.5. The number of aromatic hydroxyl groups is 1. The van der Waals surface area contributed by atoms with Crippen molar-refractivity contribution in [1.29, 1.82) is 0 Å². The van der Waals surface area contributed by atoms with Gasteiger partial charge in [0.2, 0.25) is 0 Å². The third kappa shape index (κ3) is 2.88. The summed E-state index contributed by atoms with van der Waals surface area (Å²) in [7, 11) is 5.61. The van der Waals surface area contributed by atoms with Gasteiger partial charge in [0, 0.05) is 19.1 Å². The fourth-order valence-corrected chi connectivity index (χ4v) is 2.62. The Morgan fingerprint density at radius 2 is 2.00 bits per heavy atom. The van der Waals surface area contributed by atoms with E-state index in [1.54, 1.807) is 23.1 Å². The average Bonchev–Trinajstić information content (AvgIpc) is 2.47.